The summed E-state index contributed by atoms with van der Waals surface area (Å²) in [6.07, 6.45) is 2.01. The minimum absolute atomic E-state index is 0.0609. The summed E-state index contributed by atoms with van der Waals surface area (Å²) in [5.41, 5.74) is 4.15. The molecule has 2 heterocycles. The van der Waals surface area contributed by atoms with Crippen LogP contribution in [0.15, 0.2) is 83.3 Å². The Hall–Kier alpha value is -4.79. The summed E-state index contributed by atoms with van der Waals surface area (Å²) in [5, 5.41) is 15.3. The average Bonchev–Trinajstić information content (AvgIpc) is 3.69. The van der Waals surface area contributed by atoms with Crippen LogP contribution in [0.2, 0.25) is 0 Å². The van der Waals surface area contributed by atoms with E-state index in [0.717, 1.165) is 40.5 Å². The number of carbonyl (C=O) groups excluding carboxylic acids is 2. The van der Waals surface area contributed by atoms with Gasteiger partial charge in [0.15, 0.2) is 0 Å². The number of esters is 1. The topological polar surface area (TPSA) is 114 Å². The molecular weight excluding hydrogens is 530 g/mol. The molecule has 0 aliphatic carbocycles. The highest BCUT2D eigenvalue weighted by molar-refractivity contribution is 5.88. The molecule has 42 heavy (non-hydrogen) atoms. The highest BCUT2D eigenvalue weighted by Crippen LogP contribution is 2.34. The van der Waals surface area contributed by atoms with Crippen LogP contribution in [0, 0.1) is 5.92 Å². The lowest BCUT2D eigenvalue weighted by Gasteiger charge is -2.33. The van der Waals surface area contributed by atoms with Gasteiger partial charge >= 0.3 is 5.97 Å². The van der Waals surface area contributed by atoms with Crippen molar-refractivity contribution in [2.45, 2.75) is 59.2 Å². The fourth-order valence-corrected chi connectivity index (χ4v) is 5.08. The van der Waals surface area contributed by atoms with E-state index in [0.29, 0.717) is 23.6 Å². The molecule has 2 aromatic heterocycles. The van der Waals surface area contributed by atoms with Crippen LogP contribution >= 0.6 is 0 Å². The minimum atomic E-state index is -0.712. The maximum absolute atomic E-state index is 13.5. The van der Waals surface area contributed by atoms with Crippen LogP contribution in [0.1, 0.15) is 51.2 Å². The molecule has 9 nitrogen and oxygen atoms in total. The minimum Gasteiger partial charge on any atom is -0.459 e. The number of aromatic amines is 1. The Kier molecular flexibility index (Phi) is 9.06. The zero-order chi connectivity index (χ0) is 29.5. The molecule has 5 aromatic rings. The Morgan fingerprint density at radius 2 is 1.71 bits per heavy atom. The molecule has 0 aliphatic heterocycles. The third kappa shape index (κ3) is 6.57. The third-order valence-electron chi connectivity index (χ3n) is 7.21. The van der Waals surface area contributed by atoms with Gasteiger partial charge in [-0.2, -0.15) is 5.21 Å². The molecule has 1 atom stereocenters. The van der Waals surface area contributed by atoms with E-state index >= 15 is 0 Å². The van der Waals surface area contributed by atoms with Crippen LogP contribution in [0.25, 0.3) is 33.7 Å². The lowest BCUT2D eigenvalue weighted by atomic mass is 10.00. The standard InChI is InChI=1S/C33H35N5O4/c1-4-5-15-30(39)38(31(22(2)3)33(40)41-21-23-11-7-6-8-12-23)20-24-16-17-28-25(18-24)19-29(42-28)26-13-9-10-14-27(26)32-34-36-37-35-32/h6-14,16-19,22,31H,4-5,15,20-21H2,1-3H3,(H,34,35,36,37)/t31-/m0/s1. The lowest BCUT2D eigenvalue weighted by molar-refractivity contribution is -0.159. The van der Waals surface area contributed by atoms with Crippen molar-refractivity contribution in [3.05, 3.63) is 90.0 Å². The molecular formula is C33H35N5O4. The van der Waals surface area contributed by atoms with E-state index < -0.39 is 12.0 Å². The molecule has 0 bridgehead atoms. The van der Waals surface area contributed by atoms with Gasteiger partial charge in [0.2, 0.25) is 11.7 Å². The summed E-state index contributed by atoms with van der Waals surface area (Å²) < 4.78 is 11.9. The fourth-order valence-electron chi connectivity index (χ4n) is 5.08. The number of tetrazole rings is 1. The maximum atomic E-state index is 13.5. The van der Waals surface area contributed by atoms with Crippen LogP contribution in [0.4, 0.5) is 0 Å². The Balaban J connectivity index is 1.42. The number of rotatable bonds is 12. The highest BCUT2D eigenvalue weighted by Gasteiger charge is 2.33. The lowest BCUT2D eigenvalue weighted by Crippen LogP contribution is -2.48. The Bertz CT molecular complexity index is 1630. The Morgan fingerprint density at radius 1 is 0.952 bits per heavy atom. The van der Waals surface area contributed by atoms with E-state index in [2.05, 4.69) is 20.6 Å². The second-order valence-corrected chi connectivity index (χ2v) is 10.7. The molecule has 0 fully saturated rings. The summed E-state index contributed by atoms with van der Waals surface area (Å²) in [4.78, 5) is 28.6. The second kappa shape index (κ2) is 13.2. The maximum Gasteiger partial charge on any atom is 0.329 e. The first kappa shape index (κ1) is 28.7. The van der Waals surface area contributed by atoms with Gasteiger partial charge in [-0.3, -0.25) is 4.79 Å². The Labute approximate surface area is 244 Å². The monoisotopic (exact) mass is 565 g/mol. The molecule has 1 amide bonds. The zero-order valence-corrected chi connectivity index (χ0v) is 24.1. The van der Waals surface area contributed by atoms with Crippen LogP contribution < -0.4 is 0 Å². The Morgan fingerprint density at radius 3 is 2.43 bits per heavy atom. The molecule has 0 unspecified atom stereocenters. The van der Waals surface area contributed by atoms with E-state index in [1.807, 2.05) is 99.6 Å². The van der Waals surface area contributed by atoms with Crippen LogP contribution in [-0.4, -0.2) is 43.4 Å². The van der Waals surface area contributed by atoms with Crippen molar-refractivity contribution in [2.24, 2.45) is 5.92 Å². The van der Waals surface area contributed by atoms with E-state index in [1.54, 1.807) is 4.90 Å². The molecule has 216 valence electrons. The van der Waals surface area contributed by atoms with Crippen LogP contribution in [-0.2, 0) is 27.5 Å². The van der Waals surface area contributed by atoms with Crippen molar-refractivity contribution >= 4 is 22.8 Å². The van der Waals surface area contributed by atoms with Gasteiger partial charge in [-0.1, -0.05) is 87.9 Å². The smallest absolute Gasteiger partial charge is 0.329 e. The van der Waals surface area contributed by atoms with Crippen molar-refractivity contribution < 1.29 is 18.7 Å². The van der Waals surface area contributed by atoms with Crippen molar-refractivity contribution in [2.75, 3.05) is 0 Å². The SMILES string of the molecule is CCCCC(=O)N(Cc1ccc2oc(-c3ccccc3-c3nn[nH]n3)cc2c1)[C@H](C(=O)OCc1ccccc1)C(C)C. The van der Waals surface area contributed by atoms with Gasteiger partial charge in [0.1, 0.15) is 24.0 Å². The predicted molar refractivity (Wildman–Crippen MR) is 160 cm³/mol. The number of amides is 1. The van der Waals surface area contributed by atoms with Crippen molar-refractivity contribution in [1.82, 2.24) is 25.5 Å². The normalized spacial score (nSPS) is 12.0. The van der Waals surface area contributed by atoms with E-state index in [9.17, 15) is 9.59 Å². The number of carbonyl (C=O) groups is 2. The van der Waals surface area contributed by atoms with E-state index in [4.69, 9.17) is 9.15 Å². The predicted octanol–water partition coefficient (Wildman–Crippen LogP) is 6.57. The number of hydrogen-bond donors (Lipinski definition) is 1. The molecule has 0 aliphatic rings. The van der Waals surface area contributed by atoms with Gasteiger partial charge in [0, 0.05) is 29.5 Å². The molecule has 0 saturated carbocycles. The van der Waals surface area contributed by atoms with Crippen molar-refractivity contribution in [3.63, 3.8) is 0 Å². The molecule has 0 saturated heterocycles. The number of nitrogens with one attached hydrogen (secondary N) is 1. The molecule has 5 rings (SSSR count). The molecule has 0 spiro atoms. The number of aromatic nitrogens is 4. The summed E-state index contributed by atoms with van der Waals surface area (Å²) in [7, 11) is 0. The van der Waals surface area contributed by atoms with E-state index in [-0.39, 0.29) is 25.0 Å². The van der Waals surface area contributed by atoms with Crippen molar-refractivity contribution in [1.29, 1.82) is 0 Å². The number of H-pyrrole nitrogens is 1. The summed E-state index contributed by atoms with van der Waals surface area (Å²) in [6, 6.07) is 24.4. The highest BCUT2D eigenvalue weighted by atomic mass is 16.5. The third-order valence-corrected chi connectivity index (χ3v) is 7.21. The summed E-state index contributed by atoms with van der Waals surface area (Å²) in [5.74, 6) is 0.553. The van der Waals surface area contributed by atoms with E-state index in [1.165, 1.54) is 0 Å². The van der Waals surface area contributed by atoms with Gasteiger partial charge in [-0.15, -0.1) is 10.2 Å². The number of hydrogen-bond acceptors (Lipinski definition) is 7. The number of furan rings is 1. The zero-order valence-electron chi connectivity index (χ0n) is 24.1. The van der Waals surface area contributed by atoms with Gasteiger partial charge in [-0.05, 0) is 46.9 Å². The van der Waals surface area contributed by atoms with Crippen LogP contribution in [0.3, 0.4) is 0 Å². The summed E-state index contributed by atoms with van der Waals surface area (Å²) >= 11 is 0. The first-order valence-corrected chi connectivity index (χ1v) is 14.3. The van der Waals surface area contributed by atoms with Gasteiger partial charge in [0.25, 0.3) is 0 Å². The van der Waals surface area contributed by atoms with Gasteiger partial charge in [-0.25, -0.2) is 4.79 Å². The quantitative estimate of drug-likeness (QED) is 0.170. The fraction of sp³-hybridized carbons (Fsp3) is 0.303. The number of unbranched alkanes of at least 4 members (excludes halogenated alkanes) is 1. The number of ether oxygens (including phenoxy) is 1. The number of benzene rings is 3. The first-order chi connectivity index (χ1) is 20.4. The largest absolute Gasteiger partial charge is 0.459 e. The summed E-state index contributed by atoms with van der Waals surface area (Å²) in [6.45, 7) is 6.38. The van der Waals surface area contributed by atoms with Crippen molar-refractivity contribution in [3.8, 4) is 22.7 Å². The second-order valence-electron chi connectivity index (χ2n) is 10.7. The molecule has 9 heteroatoms. The molecule has 0 radical (unpaired) electrons. The molecule has 3 aromatic carbocycles. The molecule has 1 N–H and O–H groups in total. The number of nitrogens with zero attached hydrogens (tertiary/aromatic N) is 4. The average molecular weight is 566 g/mol. The van der Waals surface area contributed by atoms with Crippen LogP contribution in [0.5, 0.6) is 0 Å². The number of fused-ring (bicyclic) bond motifs is 1. The van der Waals surface area contributed by atoms with Gasteiger partial charge < -0.3 is 14.1 Å². The first-order valence-electron chi connectivity index (χ1n) is 14.3. The van der Waals surface area contributed by atoms with Gasteiger partial charge in [0.05, 0.1) is 0 Å².